The molecular weight excluding hydrogens is 262 g/mol. The van der Waals surface area contributed by atoms with Gasteiger partial charge in [0, 0.05) is 17.8 Å². The summed E-state index contributed by atoms with van der Waals surface area (Å²) in [6, 6.07) is 6.34. The second-order valence-electron chi connectivity index (χ2n) is 5.40. The Morgan fingerprint density at radius 2 is 1.95 bits per heavy atom. The Labute approximate surface area is 129 Å². The monoisotopic (exact) mass is 293 g/mol. The molecule has 1 rings (SSSR count). The third-order valence-electron chi connectivity index (χ3n) is 3.73. The summed E-state index contributed by atoms with van der Waals surface area (Å²) < 4.78 is 5.53. The number of nitrogen functional groups attached to an aromatic ring is 1. The zero-order chi connectivity index (χ0) is 15.7. The second kappa shape index (κ2) is 9.50. The highest BCUT2D eigenvalue weighted by atomic mass is 16.5. The van der Waals surface area contributed by atoms with Gasteiger partial charge in [-0.25, -0.2) is 0 Å². The zero-order valence-corrected chi connectivity index (χ0v) is 14.0. The van der Waals surface area contributed by atoms with Gasteiger partial charge in [0.15, 0.2) is 0 Å². The highest BCUT2D eigenvalue weighted by molar-refractivity contribution is 5.61. The van der Waals surface area contributed by atoms with Crippen molar-refractivity contribution in [3.63, 3.8) is 0 Å². The molecule has 120 valence electrons. The fourth-order valence-electron chi connectivity index (χ4n) is 2.42. The number of anilines is 2. The van der Waals surface area contributed by atoms with Crippen LogP contribution in [-0.4, -0.2) is 37.2 Å². The average Bonchev–Trinajstić information content (AvgIpc) is 2.47. The van der Waals surface area contributed by atoms with Crippen LogP contribution in [0.4, 0.5) is 11.4 Å². The van der Waals surface area contributed by atoms with Crippen molar-refractivity contribution in [1.82, 2.24) is 4.90 Å². The van der Waals surface area contributed by atoms with E-state index < -0.39 is 0 Å². The third-order valence-corrected chi connectivity index (χ3v) is 3.73. The van der Waals surface area contributed by atoms with Crippen LogP contribution in [0.5, 0.6) is 5.75 Å². The number of ether oxygens (including phenoxy) is 1. The lowest BCUT2D eigenvalue weighted by Gasteiger charge is -2.20. The summed E-state index contributed by atoms with van der Waals surface area (Å²) in [5.74, 6) is 0.762. The highest BCUT2D eigenvalue weighted by Gasteiger charge is 2.06. The number of nitrogens with zero attached hydrogens (tertiary/aromatic N) is 1. The molecule has 0 heterocycles. The van der Waals surface area contributed by atoms with E-state index in [9.17, 15) is 0 Å². The Kier molecular flexibility index (Phi) is 7.98. The molecule has 0 fully saturated rings. The Hall–Kier alpha value is -1.42. The van der Waals surface area contributed by atoms with Gasteiger partial charge in [-0.15, -0.1) is 0 Å². The molecule has 0 bridgehead atoms. The van der Waals surface area contributed by atoms with E-state index in [4.69, 9.17) is 10.5 Å². The molecule has 4 nitrogen and oxygen atoms in total. The van der Waals surface area contributed by atoms with Crippen LogP contribution in [0.3, 0.4) is 0 Å². The third kappa shape index (κ3) is 6.25. The van der Waals surface area contributed by atoms with E-state index in [2.05, 4.69) is 31.0 Å². The van der Waals surface area contributed by atoms with Gasteiger partial charge in [-0.2, -0.15) is 0 Å². The highest BCUT2D eigenvalue weighted by Crippen LogP contribution is 2.26. The molecule has 0 saturated heterocycles. The zero-order valence-electron chi connectivity index (χ0n) is 14.0. The van der Waals surface area contributed by atoms with Gasteiger partial charge in [0.05, 0.1) is 12.3 Å². The molecular formula is C17H31N3O. The first kappa shape index (κ1) is 17.6. The molecule has 0 saturated carbocycles. The number of rotatable bonds is 10. The molecule has 4 heteroatoms. The molecule has 1 unspecified atom stereocenters. The topological polar surface area (TPSA) is 50.5 Å². The maximum Gasteiger partial charge on any atom is 0.144 e. The summed E-state index contributed by atoms with van der Waals surface area (Å²) in [4.78, 5) is 2.46. The molecule has 0 amide bonds. The van der Waals surface area contributed by atoms with Gasteiger partial charge in [0.25, 0.3) is 0 Å². The summed E-state index contributed by atoms with van der Waals surface area (Å²) >= 11 is 0. The maximum absolute atomic E-state index is 5.89. The van der Waals surface area contributed by atoms with E-state index in [-0.39, 0.29) is 0 Å². The number of nitrogens with two attached hydrogens (primary N) is 1. The maximum atomic E-state index is 5.89. The Morgan fingerprint density at radius 1 is 1.24 bits per heavy atom. The van der Waals surface area contributed by atoms with Gasteiger partial charge in [-0.3, -0.25) is 0 Å². The molecule has 0 aromatic heterocycles. The first-order chi connectivity index (χ1) is 10.1. The van der Waals surface area contributed by atoms with Crippen molar-refractivity contribution in [2.45, 2.75) is 46.6 Å². The molecule has 1 atom stereocenters. The minimum Gasteiger partial charge on any atom is -0.492 e. The Morgan fingerprint density at radius 3 is 2.57 bits per heavy atom. The molecule has 0 aliphatic heterocycles. The predicted octanol–water partition coefficient (Wildman–Crippen LogP) is 3.59. The van der Waals surface area contributed by atoms with Gasteiger partial charge in [0.1, 0.15) is 5.75 Å². The molecule has 0 aliphatic carbocycles. The summed E-state index contributed by atoms with van der Waals surface area (Å²) in [6.07, 6.45) is 2.37. The van der Waals surface area contributed by atoms with E-state index in [0.29, 0.717) is 18.3 Å². The van der Waals surface area contributed by atoms with E-state index in [1.165, 1.54) is 13.0 Å². The van der Waals surface area contributed by atoms with E-state index in [1.54, 1.807) is 0 Å². The largest absolute Gasteiger partial charge is 0.492 e. The number of nitrogens with one attached hydrogen (secondary N) is 1. The first-order valence-corrected chi connectivity index (χ1v) is 8.11. The van der Waals surface area contributed by atoms with Crippen LogP contribution in [0, 0.1) is 0 Å². The number of hydrogen-bond donors (Lipinski definition) is 2. The predicted molar refractivity (Wildman–Crippen MR) is 92.1 cm³/mol. The lowest BCUT2D eigenvalue weighted by Crippen LogP contribution is -2.25. The van der Waals surface area contributed by atoms with Crippen molar-refractivity contribution in [2.75, 3.05) is 37.3 Å². The van der Waals surface area contributed by atoms with Gasteiger partial charge < -0.3 is 20.7 Å². The molecule has 1 aromatic carbocycles. The van der Waals surface area contributed by atoms with Gasteiger partial charge >= 0.3 is 0 Å². The van der Waals surface area contributed by atoms with Crippen molar-refractivity contribution in [2.24, 2.45) is 0 Å². The molecule has 0 radical (unpaired) electrons. The van der Waals surface area contributed by atoms with Crippen LogP contribution in [-0.2, 0) is 0 Å². The van der Waals surface area contributed by atoms with Gasteiger partial charge in [-0.1, -0.05) is 13.8 Å². The van der Waals surface area contributed by atoms with E-state index >= 15 is 0 Å². The molecule has 1 aromatic rings. The SMILES string of the molecule is CCOc1cc(NC(C)CCCN(CC)CC)ccc1N. The van der Waals surface area contributed by atoms with E-state index in [0.717, 1.165) is 30.9 Å². The minimum atomic E-state index is 0.443. The van der Waals surface area contributed by atoms with Crippen LogP contribution in [0.25, 0.3) is 0 Å². The van der Waals surface area contributed by atoms with Crippen molar-refractivity contribution in [3.05, 3.63) is 18.2 Å². The lowest BCUT2D eigenvalue weighted by atomic mass is 10.1. The molecule has 3 N–H and O–H groups in total. The Balaban J connectivity index is 2.43. The lowest BCUT2D eigenvalue weighted by molar-refractivity contribution is 0.295. The number of hydrogen-bond acceptors (Lipinski definition) is 4. The Bertz CT molecular complexity index is 405. The van der Waals surface area contributed by atoms with Crippen LogP contribution in [0.15, 0.2) is 18.2 Å². The minimum absolute atomic E-state index is 0.443. The summed E-state index contributed by atoms with van der Waals surface area (Å²) in [5.41, 5.74) is 7.66. The van der Waals surface area contributed by atoms with Crippen LogP contribution in [0.1, 0.15) is 40.5 Å². The smallest absolute Gasteiger partial charge is 0.144 e. The normalized spacial score (nSPS) is 12.4. The van der Waals surface area contributed by atoms with Crippen LogP contribution in [0.2, 0.25) is 0 Å². The summed E-state index contributed by atoms with van der Waals surface area (Å²) in [5, 5.41) is 3.52. The van der Waals surface area contributed by atoms with Crippen LogP contribution < -0.4 is 15.8 Å². The fraction of sp³-hybridized carbons (Fsp3) is 0.647. The fourth-order valence-corrected chi connectivity index (χ4v) is 2.42. The molecule has 0 aliphatic rings. The molecule has 21 heavy (non-hydrogen) atoms. The van der Waals surface area contributed by atoms with Crippen molar-refractivity contribution < 1.29 is 4.74 Å². The number of benzene rings is 1. The first-order valence-electron chi connectivity index (χ1n) is 8.11. The second-order valence-corrected chi connectivity index (χ2v) is 5.40. The summed E-state index contributed by atoms with van der Waals surface area (Å²) in [6.45, 7) is 12.7. The van der Waals surface area contributed by atoms with Gasteiger partial charge in [0.2, 0.25) is 0 Å². The van der Waals surface area contributed by atoms with Crippen LogP contribution >= 0.6 is 0 Å². The molecule has 0 spiro atoms. The summed E-state index contributed by atoms with van der Waals surface area (Å²) in [7, 11) is 0. The van der Waals surface area contributed by atoms with Gasteiger partial charge in [-0.05, 0) is 58.5 Å². The van der Waals surface area contributed by atoms with Crippen molar-refractivity contribution in [1.29, 1.82) is 0 Å². The van der Waals surface area contributed by atoms with Crippen molar-refractivity contribution >= 4 is 11.4 Å². The quantitative estimate of drug-likeness (QED) is 0.647. The standard InChI is InChI=1S/C17H31N3O/c1-5-20(6-2)12-8-9-14(4)19-15-10-11-16(18)17(13-15)21-7-3/h10-11,13-14,19H,5-9,12,18H2,1-4H3. The average molecular weight is 293 g/mol. The van der Waals surface area contributed by atoms with Crippen molar-refractivity contribution in [3.8, 4) is 5.75 Å². The van der Waals surface area contributed by atoms with E-state index in [1.807, 2.05) is 25.1 Å².